The lowest BCUT2D eigenvalue weighted by molar-refractivity contribution is 0.363. The second kappa shape index (κ2) is 8.82. The molecule has 132 valence electrons. The quantitative estimate of drug-likeness (QED) is 0.491. The van der Waals surface area contributed by atoms with Crippen LogP contribution in [0.5, 0.6) is 5.75 Å². The largest absolute Gasteiger partial charge is 0.490 e. The van der Waals surface area contributed by atoms with Crippen molar-refractivity contribution in [3.8, 4) is 11.4 Å². The van der Waals surface area contributed by atoms with E-state index in [4.69, 9.17) is 17.0 Å². The molecule has 1 aromatic heterocycles. The third-order valence-electron chi connectivity index (χ3n) is 3.67. The maximum absolute atomic E-state index is 5.46. The van der Waals surface area contributed by atoms with E-state index in [2.05, 4.69) is 46.5 Å². The minimum Gasteiger partial charge on any atom is -0.490 e. The van der Waals surface area contributed by atoms with Crippen LogP contribution in [0.1, 0.15) is 5.56 Å². The number of nitrogens with zero attached hydrogens (tertiary/aromatic N) is 2. The lowest BCUT2D eigenvalue weighted by Gasteiger charge is -2.12. The van der Waals surface area contributed by atoms with Gasteiger partial charge in [0, 0.05) is 30.3 Å². The fourth-order valence-corrected chi connectivity index (χ4v) is 2.54. The molecule has 0 spiro atoms. The van der Waals surface area contributed by atoms with Crippen molar-refractivity contribution in [3.05, 3.63) is 85.5 Å². The molecular weight excluding hydrogens is 344 g/mol. The van der Waals surface area contributed by atoms with E-state index in [-0.39, 0.29) is 0 Å². The van der Waals surface area contributed by atoms with Crippen molar-refractivity contribution in [1.82, 2.24) is 14.9 Å². The van der Waals surface area contributed by atoms with Crippen LogP contribution in [0.3, 0.4) is 0 Å². The van der Waals surface area contributed by atoms with Gasteiger partial charge in [0.25, 0.3) is 0 Å². The van der Waals surface area contributed by atoms with Gasteiger partial charge in [0.1, 0.15) is 12.4 Å². The Morgan fingerprint density at radius 1 is 1.15 bits per heavy atom. The highest BCUT2D eigenvalue weighted by Gasteiger charge is 2.00. The Hall–Kier alpha value is -3.12. The highest BCUT2D eigenvalue weighted by atomic mass is 32.1. The van der Waals surface area contributed by atoms with Crippen molar-refractivity contribution in [3.63, 3.8) is 0 Å². The number of rotatable bonds is 7. The molecular formula is C20H20N4OS. The van der Waals surface area contributed by atoms with Gasteiger partial charge in [-0.15, -0.1) is 0 Å². The van der Waals surface area contributed by atoms with Crippen molar-refractivity contribution in [2.75, 3.05) is 11.9 Å². The molecule has 1 heterocycles. The van der Waals surface area contributed by atoms with Crippen LogP contribution in [0.15, 0.2) is 79.9 Å². The third kappa shape index (κ3) is 4.94. The molecule has 0 radical (unpaired) electrons. The molecule has 0 unspecified atom stereocenters. The molecule has 0 fully saturated rings. The molecule has 2 N–H and O–H groups in total. The lowest BCUT2D eigenvalue weighted by Crippen LogP contribution is -2.27. The summed E-state index contributed by atoms with van der Waals surface area (Å²) in [5.74, 6) is 0.798. The zero-order valence-corrected chi connectivity index (χ0v) is 15.1. The van der Waals surface area contributed by atoms with Crippen LogP contribution in [-0.4, -0.2) is 21.3 Å². The minimum atomic E-state index is 0.492. The van der Waals surface area contributed by atoms with Gasteiger partial charge in [-0.25, -0.2) is 4.98 Å². The van der Waals surface area contributed by atoms with Gasteiger partial charge in [-0.05, 0) is 54.2 Å². The van der Waals surface area contributed by atoms with Crippen LogP contribution in [0.25, 0.3) is 5.69 Å². The van der Waals surface area contributed by atoms with Gasteiger partial charge in [-0.3, -0.25) is 0 Å². The van der Waals surface area contributed by atoms with E-state index in [0.29, 0.717) is 18.3 Å². The first-order chi connectivity index (χ1) is 12.7. The van der Waals surface area contributed by atoms with E-state index in [1.54, 1.807) is 18.6 Å². The van der Waals surface area contributed by atoms with Gasteiger partial charge in [-0.2, -0.15) is 0 Å². The summed E-state index contributed by atoms with van der Waals surface area (Å²) in [4.78, 5) is 4.05. The molecule has 0 atom stereocenters. The Labute approximate surface area is 158 Å². The predicted molar refractivity (Wildman–Crippen MR) is 109 cm³/mol. The van der Waals surface area contributed by atoms with Crippen LogP contribution in [-0.2, 0) is 6.54 Å². The second-order valence-electron chi connectivity index (χ2n) is 5.57. The third-order valence-corrected chi connectivity index (χ3v) is 3.92. The molecule has 0 bridgehead atoms. The molecule has 5 nitrogen and oxygen atoms in total. The van der Waals surface area contributed by atoms with Crippen molar-refractivity contribution >= 4 is 23.0 Å². The van der Waals surface area contributed by atoms with Gasteiger partial charge in [0.2, 0.25) is 0 Å². The maximum atomic E-state index is 5.46. The smallest absolute Gasteiger partial charge is 0.171 e. The Morgan fingerprint density at radius 3 is 2.58 bits per heavy atom. The first-order valence-corrected chi connectivity index (χ1v) is 8.61. The van der Waals surface area contributed by atoms with Crippen molar-refractivity contribution in [2.24, 2.45) is 0 Å². The molecule has 0 amide bonds. The van der Waals surface area contributed by atoms with Crippen molar-refractivity contribution in [2.45, 2.75) is 6.54 Å². The number of hydrogen-bond acceptors (Lipinski definition) is 3. The molecule has 3 rings (SSSR count). The van der Waals surface area contributed by atoms with Crippen LogP contribution in [0, 0.1) is 0 Å². The molecule has 2 aromatic carbocycles. The molecule has 0 aliphatic heterocycles. The van der Waals surface area contributed by atoms with E-state index >= 15 is 0 Å². The Balaban J connectivity index is 1.48. The molecule has 26 heavy (non-hydrogen) atoms. The molecule has 0 aliphatic rings. The molecule has 6 heteroatoms. The average molecular weight is 364 g/mol. The maximum Gasteiger partial charge on any atom is 0.171 e. The minimum absolute atomic E-state index is 0.492. The Morgan fingerprint density at radius 2 is 1.92 bits per heavy atom. The summed E-state index contributed by atoms with van der Waals surface area (Å²) in [7, 11) is 0. The lowest BCUT2D eigenvalue weighted by atomic mass is 10.2. The first kappa shape index (κ1) is 17.7. The highest BCUT2D eigenvalue weighted by molar-refractivity contribution is 7.80. The summed E-state index contributed by atoms with van der Waals surface area (Å²) < 4.78 is 7.42. The van der Waals surface area contributed by atoms with Crippen LogP contribution < -0.4 is 15.4 Å². The zero-order chi connectivity index (χ0) is 18.2. The monoisotopic (exact) mass is 364 g/mol. The predicted octanol–water partition coefficient (Wildman–Crippen LogP) is 3.92. The average Bonchev–Trinajstić information content (AvgIpc) is 3.21. The molecule has 0 saturated carbocycles. The van der Waals surface area contributed by atoms with E-state index in [1.165, 1.54) is 0 Å². The fraction of sp³-hybridized carbons (Fsp3) is 0.100. The summed E-state index contributed by atoms with van der Waals surface area (Å²) in [5.41, 5.74) is 3.13. The molecule has 0 aliphatic carbocycles. The van der Waals surface area contributed by atoms with Crippen LogP contribution in [0.4, 0.5) is 5.69 Å². The SMILES string of the molecule is C=CCOc1ccc(NC(=S)NCc2ccc(-n3ccnc3)cc2)cc1. The van der Waals surface area contributed by atoms with E-state index < -0.39 is 0 Å². The molecule has 3 aromatic rings. The Bertz CT molecular complexity index is 843. The zero-order valence-electron chi connectivity index (χ0n) is 14.3. The van der Waals surface area contributed by atoms with E-state index in [0.717, 1.165) is 22.7 Å². The summed E-state index contributed by atoms with van der Waals surface area (Å²) >= 11 is 5.35. The van der Waals surface area contributed by atoms with E-state index in [9.17, 15) is 0 Å². The first-order valence-electron chi connectivity index (χ1n) is 8.20. The summed E-state index contributed by atoms with van der Waals surface area (Å²) in [6, 6.07) is 15.9. The standard InChI is InChI=1S/C20H20N4OS/c1-2-13-25-19-9-5-17(6-10-19)23-20(26)22-14-16-3-7-18(8-4-16)24-12-11-21-15-24/h2-12,15H,1,13-14H2,(H2,22,23,26). The number of benzene rings is 2. The van der Waals surface area contributed by atoms with Gasteiger partial charge in [-0.1, -0.05) is 24.8 Å². The van der Waals surface area contributed by atoms with Crippen molar-refractivity contribution < 1.29 is 4.74 Å². The number of nitrogens with one attached hydrogen (secondary N) is 2. The number of ether oxygens (including phenoxy) is 1. The van der Waals surface area contributed by atoms with Gasteiger partial charge in [0.15, 0.2) is 5.11 Å². The summed E-state index contributed by atoms with van der Waals surface area (Å²) in [6.07, 6.45) is 7.17. The van der Waals surface area contributed by atoms with Gasteiger partial charge >= 0.3 is 0 Å². The second-order valence-corrected chi connectivity index (χ2v) is 5.98. The topological polar surface area (TPSA) is 51.1 Å². The van der Waals surface area contributed by atoms with Crippen molar-refractivity contribution in [1.29, 1.82) is 0 Å². The number of hydrogen-bond donors (Lipinski definition) is 2. The van der Waals surface area contributed by atoms with Crippen LogP contribution >= 0.6 is 12.2 Å². The fourth-order valence-electron chi connectivity index (χ4n) is 2.35. The highest BCUT2D eigenvalue weighted by Crippen LogP contribution is 2.15. The number of aromatic nitrogens is 2. The van der Waals surface area contributed by atoms with E-state index in [1.807, 2.05) is 35.0 Å². The summed E-state index contributed by atoms with van der Waals surface area (Å²) in [6.45, 7) is 4.77. The molecule has 0 saturated heterocycles. The van der Waals surface area contributed by atoms with Crippen LogP contribution in [0.2, 0.25) is 0 Å². The normalized spacial score (nSPS) is 10.2. The number of imidazole rings is 1. The summed E-state index contributed by atoms with van der Waals surface area (Å²) in [5, 5.41) is 6.94. The number of anilines is 1. The number of thiocarbonyl (C=S) groups is 1. The van der Waals surface area contributed by atoms with Gasteiger partial charge in [0.05, 0.1) is 6.33 Å². The Kier molecular flexibility index (Phi) is 6.01. The van der Waals surface area contributed by atoms with Gasteiger partial charge < -0.3 is 19.9 Å².